The van der Waals surface area contributed by atoms with Gasteiger partial charge in [0.1, 0.15) is 17.1 Å². The van der Waals surface area contributed by atoms with Crippen LogP contribution in [0.2, 0.25) is 0 Å². The van der Waals surface area contributed by atoms with Crippen LogP contribution in [0.15, 0.2) is 24.3 Å². The number of benzene rings is 1. The quantitative estimate of drug-likeness (QED) is 0.757. The molecule has 0 fully saturated rings. The number of nitrogens with zero attached hydrogens (tertiary/aromatic N) is 1. The summed E-state index contributed by atoms with van der Waals surface area (Å²) in [5.74, 6) is -1.15. The van der Waals surface area contributed by atoms with E-state index in [0.29, 0.717) is 10.9 Å². The number of hydrogen-bond acceptors (Lipinski definition) is 4. The van der Waals surface area contributed by atoms with Crippen molar-refractivity contribution >= 4 is 23.0 Å². The molecule has 21 heavy (non-hydrogen) atoms. The summed E-state index contributed by atoms with van der Waals surface area (Å²) in [6.07, 6.45) is -0.718. The molecule has 0 spiro atoms. The fourth-order valence-corrected chi connectivity index (χ4v) is 1.95. The third-order valence-corrected chi connectivity index (χ3v) is 2.73. The van der Waals surface area contributed by atoms with Crippen molar-refractivity contribution < 1.29 is 23.5 Å². The van der Waals surface area contributed by atoms with Crippen LogP contribution in [-0.2, 0) is 9.47 Å². The van der Waals surface area contributed by atoms with Crippen molar-refractivity contribution in [3.63, 3.8) is 0 Å². The minimum atomic E-state index is -0.721. The number of hydrogen-bond donors (Lipinski definition) is 0. The van der Waals surface area contributed by atoms with Gasteiger partial charge in [-0.1, -0.05) is 0 Å². The molecule has 1 aromatic carbocycles. The average Bonchev–Trinajstić information content (AvgIpc) is 2.74. The molecule has 0 unspecified atom stereocenters. The summed E-state index contributed by atoms with van der Waals surface area (Å²) in [6.45, 7) is 5.15. The molecule has 0 atom stereocenters. The van der Waals surface area contributed by atoms with Crippen molar-refractivity contribution in [2.24, 2.45) is 0 Å². The lowest BCUT2D eigenvalue weighted by atomic mass is 10.2. The van der Waals surface area contributed by atoms with Crippen LogP contribution in [0.4, 0.5) is 9.18 Å². The molecule has 5 nitrogen and oxygen atoms in total. The monoisotopic (exact) mass is 293 g/mol. The molecule has 0 aliphatic carbocycles. The normalized spacial score (nSPS) is 11.5. The number of rotatable bonds is 1. The minimum Gasteiger partial charge on any atom is -0.464 e. The predicted octanol–water partition coefficient (Wildman–Crippen LogP) is 3.35. The van der Waals surface area contributed by atoms with Crippen molar-refractivity contribution in [3.8, 4) is 0 Å². The number of carbonyl (C=O) groups is 2. The van der Waals surface area contributed by atoms with E-state index in [9.17, 15) is 14.0 Å². The summed E-state index contributed by atoms with van der Waals surface area (Å²) in [4.78, 5) is 24.1. The molecule has 0 amide bonds. The first kappa shape index (κ1) is 15.0. The van der Waals surface area contributed by atoms with Gasteiger partial charge in [-0.05, 0) is 45.0 Å². The van der Waals surface area contributed by atoms with Gasteiger partial charge < -0.3 is 9.47 Å². The molecular formula is C15H16FNO4. The van der Waals surface area contributed by atoms with Crippen molar-refractivity contribution in [1.29, 1.82) is 0 Å². The summed E-state index contributed by atoms with van der Waals surface area (Å²) in [6, 6.07) is 5.27. The predicted molar refractivity (Wildman–Crippen MR) is 74.9 cm³/mol. The molecule has 0 aliphatic rings. The van der Waals surface area contributed by atoms with Gasteiger partial charge in [-0.15, -0.1) is 0 Å². The van der Waals surface area contributed by atoms with Gasteiger partial charge in [0.05, 0.1) is 12.6 Å². The van der Waals surface area contributed by atoms with Crippen molar-refractivity contribution in [3.05, 3.63) is 35.8 Å². The first-order valence-corrected chi connectivity index (χ1v) is 6.35. The molecule has 0 saturated heterocycles. The summed E-state index contributed by atoms with van der Waals surface area (Å²) in [5.41, 5.74) is -0.348. The molecule has 0 N–H and O–H groups in total. The molecular weight excluding hydrogens is 277 g/mol. The topological polar surface area (TPSA) is 57.5 Å². The number of methoxy groups -OCH3 is 1. The zero-order valence-electron chi connectivity index (χ0n) is 12.3. The second kappa shape index (κ2) is 5.20. The first-order chi connectivity index (χ1) is 9.73. The highest BCUT2D eigenvalue weighted by atomic mass is 19.1. The number of carbonyl (C=O) groups excluding carboxylic acids is 2. The maximum Gasteiger partial charge on any atom is 0.419 e. The third kappa shape index (κ3) is 3.04. The first-order valence-electron chi connectivity index (χ1n) is 6.35. The molecule has 112 valence electrons. The number of halogens is 1. The van der Waals surface area contributed by atoms with E-state index in [1.54, 1.807) is 20.8 Å². The van der Waals surface area contributed by atoms with Gasteiger partial charge >= 0.3 is 12.1 Å². The van der Waals surface area contributed by atoms with E-state index in [1.807, 2.05) is 0 Å². The Morgan fingerprint density at radius 1 is 1.19 bits per heavy atom. The van der Waals surface area contributed by atoms with E-state index >= 15 is 0 Å². The number of fused-ring (bicyclic) bond motifs is 1. The fraction of sp³-hybridized carbons (Fsp3) is 0.333. The Bertz CT molecular complexity index is 712. The zero-order chi connectivity index (χ0) is 15.8. The summed E-state index contributed by atoms with van der Waals surface area (Å²) < 4.78 is 24.3. The van der Waals surface area contributed by atoms with Gasteiger partial charge in [-0.2, -0.15) is 0 Å². The lowest BCUT2D eigenvalue weighted by Gasteiger charge is -2.20. The summed E-state index contributed by atoms with van der Waals surface area (Å²) in [7, 11) is 1.21. The van der Waals surface area contributed by atoms with Crippen LogP contribution in [0.3, 0.4) is 0 Å². The third-order valence-electron chi connectivity index (χ3n) is 2.73. The highest BCUT2D eigenvalue weighted by Gasteiger charge is 2.25. The van der Waals surface area contributed by atoms with E-state index < -0.39 is 23.5 Å². The molecule has 2 aromatic rings. The average molecular weight is 293 g/mol. The van der Waals surface area contributed by atoms with Gasteiger partial charge in [0.25, 0.3) is 0 Å². The Hall–Kier alpha value is -2.37. The molecule has 6 heteroatoms. The fourth-order valence-electron chi connectivity index (χ4n) is 1.95. The highest BCUT2D eigenvalue weighted by Crippen LogP contribution is 2.23. The van der Waals surface area contributed by atoms with Gasteiger partial charge in [0.2, 0.25) is 0 Å². The van der Waals surface area contributed by atoms with E-state index in [4.69, 9.17) is 4.74 Å². The van der Waals surface area contributed by atoms with Crippen LogP contribution in [0.5, 0.6) is 0 Å². The van der Waals surface area contributed by atoms with E-state index in [2.05, 4.69) is 4.74 Å². The second-order valence-electron chi connectivity index (χ2n) is 5.54. The SMILES string of the molecule is COC(=O)c1cc2cc(F)ccc2n1C(=O)OC(C)(C)C. The van der Waals surface area contributed by atoms with Crippen molar-refractivity contribution in [2.75, 3.05) is 7.11 Å². The number of aromatic nitrogens is 1. The number of ether oxygens (including phenoxy) is 2. The molecule has 0 radical (unpaired) electrons. The van der Waals surface area contributed by atoms with Crippen LogP contribution < -0.4 is 0 Å². The standard InChI is InChI=1S/C15H16FNO4/c1-15(2,3)21-14(19)17-11-6-5-10(16)7-9(11)8-12(17)13(18)20-4/h5-8H,1-4H3. The molecule has 0 bridgehead atoms. The van der Waals surface area contributed by atoms with Gasteiger partial charge in [0, 0.05) is 5.39 Å². The van der Waals surface area contributed by atoms with Crippen LogP contribution in [0, 0.1) is 5.82 Å². The molecule has 1 aromatic heterocycles. The largest absolute Gasteiger partial charge is 0.464 e. The Morgan fingerprint density at radius 2 is 1.86 bits per heavy atom. The van der Waals surface area contributed by atoms with Gasteiger partial charge in [-0.25, -0.2) is 18.5 Å². The highest BCUT2D eigenvalue weighted by molar-refractivity contribution is 6.01. The van der Waals surface area contributed by atoms with Crippen molar-refractivity contribution in [1.82, 2.24) is 4.57 Å². The van der Waals surface area contributed by atoms with E-state index in [1.165, 1.54) is 31.4 Å². The molecule has 1 heterocycles. The summed E-state index contributed by atoms with van der Waals surface area (Å²) in [5, 5.41) is 0.418. The van der Waals surface area contributed by atoms with Crippen LogP contribution in [0.25, 0.3) is 10.9 Å². The van der Waals surface area contributed by atoms with Gasteiger partial charge in [0.15, 0.2) is 0 Å². The minimum absolute atomic E-state index is 0.00708. The Balaban J connectivity index is 2.63. The maximum absolute atomic E-state index is 13.3. The smallest absolute Gasteiger partial charge is 0.419 e. The zero-order valence-corrected chi connectivity index (χ0v) is 12.3. The Labute approximate surface area is 121 Å². The molecule has 0 saturated carbocycles. The van der Waals surface area contributed by atoms with Crippen LogP contribution in [-0.4, -0.2) is 29.3 Å². The Morgan fingerprint density at radius 3 is 2.43 bits per heavy atom. The second-order valence-corrected chi connectivity index (χ2v) is 5.54. The number of esters is 1. The van der Waals surface area contributed by atoms with Crippen LogP contribution in [0.1, 0.15) is 31.3 Å². The lowest BCUT2D eigenvalue weighted by molar-refractivity contribution is 0.0489. The molecule has 2 rings (SSSR count). The Kier molecular flexibility index (Phi) is 3.72. The van der Waals surface area contributed by atoms with Crippen molar-refractivity contribution in [2.45, 2.75) is 26.4 Å². The molecule has 0 aliphatic heterocycles. The van der Waals surface area contributed by atoms with Gasteiger partial charge in [-0.3, -0.25) is 0 Å². The van der Waals surface area contributed by atoms with Crippen LogP contribution >= 0.6 is 0 Å². The van der Waals surface area contributed by atoms with E-state index in [0.717, 1.165) is 4.57 Å². The lowest BCUT2D eigenvalue weighted by Crippen LogP contribution is -2.29. The van der Waals surface area contributed by atoms with E-state index in [-0.39, 0.29) is 5.69 Å². The summed E-state index contributed by atoms with van der Waals surface area (Å²) >= 11 is 0. The maximum atomic E-state index is 13.3.